The number of nitrogens with one attached hydrogen (secondary N) is 1. The summed E-state index contributed by atoms with van der Waals surface area (Å²) in [7, 11) is -3.08. The maximum Gasteiger partial charge on any atom is 0.260 e. The van der Waals surface area contributed by atoms with E-state index < -0.39 is 15.9 Å². The van der Waals surface area contributed by atoms with Gasteiger partial charge < -0.3 is 14.7 Å². The van der Waals surface area contributed by atoms with E-state index in [0.717, 1.165) is 5.56 Å². The summed E-state index contributed by atoms with van der Waals surface area (Å²) in [6.45, 7) is 3.58. The zero-order valence-electron chi connectivity index (χ0n) is 15.8. The fraction of sp³-hybridized carbons (Fsp3) is 0.421. The molecule has 9 heteroatoms. The van der Waals surface area contributed by atoms with E-state index in [1.807, 2.05) is 30.3 Å². The fourth-order valence-electron chi connectivity index (χ4n) is 3.26. The lowest BCUT2D eigenvalue weighted by atomic mass is 10.1. The molecule has 0 unspecified atom stereocenters. The Bertz CT molecular complexity index is 969. The van der Waals surface area contributed by atoms with Gasteiger partial charge in [-0.05, 0) is 20.3 Å². The Kier molecular flexibility index (Phi) is 5.83. The van der Waals surface area contributed by atoms with Gasteiger partial charge in [0.2, 0.25) is 5.91 Å². The molecule has 1 aliphatic rings. The van der Waals surface area contributed by atoms with Crippen molar-refractivity contribution in [1.29, 1.82) is 0 Å². The van der Waals surface area contributed by atoms with E-state index in [-0.39, 0.29) is 29.9 Å². The third-order valence-electron chi connectivity index (χ3n) is 4.72. The van der Waals surface area contributed by atoms with Crippen LogP contribution < -0.4 is 5.32 Å². The molecule has 0 radical (unpaired) electrons. The molecule has 0 bridgehead atoms. The summed E-state index contributed by atoms with van der Waals surface area (Å²) in [4.78, 5) is 26.8. The van der Waals surface area contributed by atoms with Gasteiger partial charge in [0, 0.05) is 18.2 Å². The topological polar surface area (TPSA) is 110 Å². The van der Waals surface area contributed by atoms with Gasteiger partial charge >= 0.3 is 0 Å². The van der Waals surface area contributed by atoms with E-state index in [2.05, 4.69) is 10.5 Å². The molecule has 1 N–H and O–H groups in total. The van der Waals surface area contributed by atoms with E-state index >= 15 is 0 Å². The number of hydrogen-bond donors (Lipinski definition) is 1. The van der Waals surface area contributed by atoms with E-state index in [1.54, 1.807) is 13.8 Å². The van der Waals surface area contributed by atoms with Gasteiger partial charge in [0.05, 0.1) is 18.1 Å². The second-order valence-electron chi connectivity index (χ2n) is 6.82. The van der Waals surface area contributed by atoms with E-state index in [9.17, 15) is 18.0 Å². The van der Waals surface area contributed by atoms with Gasteiger partial charge in [-0.25, -0.2) is 8.42 Å². The SMILES string of the molecule is CCN(CC(=O)N[C@H]1CCS(=O)(=O)C1)C(=O)c1c(-c2ccccc2)noc1C. The molecule has 1 atom stereocenters. The molecule has 2 amide bonds. The van der Waals surface area contributed by atoms with Crippen LogP contribution in [0, 0.1) is 6.92 Å². The van der Waals surface area contributed by atoms with Crippen LogP contribution in [0.15, 0.2) is 34.9 Å². The molecule has 1 aromatic carbocycles. The molecule has 28 heavy (non-hydrogen) atoms. The number of aryl methyl sites for hydroxylation is 1. The Balaban J connectivity index is 1.74. The average Bonchev–Trinajstić information content (AvgIpc) is 3.21. The number of carbonyl (C=O) groups excluding carboxylic acids is 2. The van der Waals surface area contributed by atoms with Crippen LogP contribution >= 0.6 is 0 Å². The Morgan fingerprint density at radius 2 is 2.00 bits per heavy atom. The molecular weight excluding hydrogens is 382 g/mol. The van der Waals surface area contributed by atoms with Gasteiger partial charge in [-0.2, -0.15) is 0 Å². The second kappa shape index (κ2) is 8.14. The monoisotopic (exact) mass is 405 g/mol. The van der Waals surface area contributed by atoms with Crippen LogP contribution in [-0.2, 0) is 14.6 Å². The lowest BCUT2D eigenvalue weighted by Crippen LogP contribution is -2.44. The quantitative estimate of drug-likeness (QED) is 0.778. The normalized spacial score (nSPS) is 18.0. The maximum atomic E-state index is 13.1. The van der Waals surface area contributed by atoms with Crippen molar-refractivity contribution in [2.24, 2.45) is 0 Å². The van der Waals surface area contributed by atoms with Gasteiger partial charge in [-0.3, -0.25) is 9.59 Å². The first-order valence-corrected chi connectivity index (χ1v) is 10.9. The lowest BCUT2D eigenvalue weighted by molar-refractivity contribution is -0.122. The first-order chi connectivity index (χ1) is 13.3. The molecule has 0 aliphatic carbocycles. The summed E-state index contributed by atoms with van der Waals surface area (Å²) < 4.78 is 28.3. The summed E-state index contributed by atoms with van der Waals surface area (Å²) in [6.07, 6.45) is 0.400. The number of nitrogens with zero attached hydrogens (tertiary/aromatic N) is 2. The highest BCUT2D eigenvalue weighted by Crippen LogP contribution is 2.26. The minimum Gasteiger partial charge on any atom is -0.360 e. The minimum absolute atomic E-state index is 0.0538. The van der Waals surface area contributed by atoms with Crippen molar-refractivity contribution in [3.8, 4) is 11.3 Å². The van der Waals surface area contributed by atoms with Crippen molar-refractivity contribution in [2.45, 2.75) is 26.3 Å². The highest BCUT2D eigenvalue weighted by Gasteiger charge is 2.30. The first kappa shape index (κ1) is 20.1. The summed E-state index contributed by atoms with van der Waals surface area (Å²) >= 11 is 0. The largest absolute Gasteiger partial charge is 0.360 e. The number of likely N-dealkylation sites (N-methyl/N-ethyl adjacent to an activating group) is 1. The summed E-state index contributed by atoms with van der Waals surface area (Å²) in [5.74, 6) is -0.331. The molecular formula is C19H23N3O5S. The van der Waals surface area contributed by atoms with Crippen LogP contribution in [0.5, 0.6) is 0 Å². The van der Waals surface area contributed by atoms with Crippen molar-refractivity contribution in [3.05, 3.63) is 41.7 Å². The number of aromatic nitrogens is 1. The number of benzene rings is 1. The van der Waals surface area contributed by atoms with Crippen molar-refractivity contribution >= 4 is 21.7 Å². The van der Waals surface area contributed by atoms with Gasteiger partial charge in [0.1, 0.15) is 17.0 Å². The molecule has 0 spiro atoms. The van der Waals surface area contributed by atoms with E-state index in [4.69, 9.17) is 4.52 Å². The van der Waals surface area contributed by atoms with Gasteiger partial charge in [-0.1, -0.05) is 35.5 Å². The molecule has 150 valence electrons. The molecule has 8 nitrogen and oxygen atoms in total. The predicted molar refractivity (Wildman–Crippen MR) is 103 cm³/mol. The lowest BCUT2D eigenvalue weighted by Gasteiger charge is -2.21. The Labute approximate surface area is 163 Å². The van der Waals surface area contributed by atoms with Crippen LogP contribution in [0.25, 0.3) is 11.3 Å². The highest BCUT2D eigenvalue weighted by molar-refractivity contribution is 7.91. The maximum absolute atomic E-state index is 13.1. The van der Waals surface area contributed by atoms with E-state index in [1.165, 1.54) is 4.90 Å². The third kappa shape index (κ3) is 4.41. The van der Waals surface area contributed by atoms with Gasteiger partial charge in [-0.15, -0.1) is 0 Å². The number of rotatable bonds is 6. The Hall–Kier alpha value is -2.68. The predicted octanol–water partition coefficient (Wildman–Crippen LogP) is 1.42. The number of sulfone groups is 1. The van der Waals surface area contributed by atoms with Crippen molar-refractivity contribution < 1.29 is 22.5 Å². The van der Waals surface area contributed by atoms with Crippen LogP contribution in [0.2, 0.25) is 0 Å². The molecule has 0 saturated carbocycles. The third-order valence-corrected chi connectivity index (χ3v) is 6.49. The fourth-order valence-corrected chi connectivity index (χ4v) is 4.93. The van der Waals surface area contributed by atoms with Crippen molar-refractivity contribution in [1.82, 2.24) is 15.4 Å². The Morgan fingerprint density at radius 1 is 1.29 bits per heavy atom. The molecule has 2 heterocycles. The summed E-state index contributed by atoms with van der Waals surface area (Å²) in [5, 5.41) is 6.72. The van der Waals surface area contributed by atoms with Crippen molar-refractivity contribution in [3.63, 3.8) is 0 Å². The first-order valence-electron chi connectivity index (χ1n) is 9.11. The summed E-state index contributed by atoms with van der Waals surface area (Å²) in [5.41, 5.74) is 1.51. The molecule has 2 aromatic rings. The van der Waals surface area contributed by atoms with Crippen LogP contribution in [-0.4, -0.2) is 60.9 Å². The van der Waals surface area contributed by atoms with Crippen LogP contribution in [0.1, 0.15) is 29.5 Å². The smallest absolute Gasteiger partial charge is 0.260 e. The number of hydrogen-bond acceptors (Lipinski definition) is 6. The van der Waals surface area contributed by atoms with Crippen LogP contribution in [0.3, 0.4) is 0 Å². The van der Waals surface area contributed by atoms with E-state index in [0.29, 0.717) is 30.0 Å². The number of carbonyl (C=O) groups is 2. The second-order valence-corrected chi connectivity index (χ2v) is 9.04. The summed E-state index contributed by atoms with van der Waals surface area (Å²) in [6, 6.07) is 8.81. The molecule has 1 fully saturated rings. The van der Waals surface area contributed by atoms with Gasteiger partial charge in [0.15, 0.2) is 9.84 Å². The molecule has 1 saturated heterocycles. The number of amides is 2. The van der Waals surface area contributed by atoms with Crippen LogP contribution in [0.4, 0.5) is 0 Å². The minimum atomic E-state index is -3.08. The van der Waals surface area contributed by atoms with Crippen molar-refractivity contribution in [2.75, 3.05) is 24.6 Å². The Morgan fingerprint density at radius 3 is 2.61 bits per heavy atom. The average molecular weight is 405 g/mol. The van der Waals surface area contributed by atoms with Gasteiger partial charge in [0.25, 0.3) is 5.91 Å². The molecule has 1 aliphatic heterocycles. The molecule has 1 aromatic heterocycles. The standard InChI is InChI=1S/C19H23N3O5S/c1-3-22(11-16(23)20-15-9-10-28(25,26)12-15)19(24)17-13(2)27-21-18(17)14-7-5-4-6-8-14/h4-8,15H,3,9-12H2,1-2H3,(H,20,23)/t15-/m0/s1. The zero-order chi connectivity index (χ0) is 20.3. The highest BCUT2D eigenvalue weighted by atomic mass is 32.2. The zero-order valence-corrected chi connectivity index (χ0v) is 16.7. The molecule has 3 rings (SSSR count).